The maximum Gasteiger partial charge on any atom is 0.339 e. The molecule has 0 spiro atoms. The maximum absolute atomic E-state index is 11.3. The Hall–Kier alpha value is -1.11. The number of nitrogens with two attached hydrogens (primary N) is 1. The Balaban J connectivity index is 3.51. The average Bonchev–Trinajstić information content (AvgIpc) is 2.19. The van der Waals surface area contributed by atoms with Gasteiger partial charge in [-0.1, -0.05) is 11.6 Å². The van der Waals surface area contributed by atoms with E-state index in [2.05, 4.69) is 4.74 Å². The van der Waals surface area contributed by atoms with Crippen molar-refractivity contribution in [1.82, 2.24) is 0 Å². The van der Waals surface area contributed by atoms with Gasteiger partial charge >= 0.3 is 5.97 Å². The fourth-order valence-electron chi connectivity index (χ4n) is 1.16. The van der Waals surface area contributed by atoms with E-state index in [1.807, 2.05) is 0 Å². The van der Waals surface area contributed by atoms with Gasteiger partial charge in [0.05, 0.1) is 22.6 Å². The number of esters is 1. The van der Waals surface area contributed by atoms with Crippen molar-refractivity contribution in [1.29, 1.82) is 0 Å². The van der Waals surface area contributed by atoms with Gasteiger partial charge < -0.3 is 4.74 Å². The lowest BCUT2D eigenvalue weighted by Gasteiger charge is -2.07. The van der Waals surface area contributed by atoms with Gasteiger partial charge in [-0.05, 0) is 24.6 Å². The van der Waals surface area contributed by atoms with Gasteiger partial charge in [0, 0.05) is 0 Å². The molecule has 0 fully saturated rings. The summed E-state index contributed by atoms with van der Waals surface area (Å²) in [5, 5.41) is 5.12. The van der Waals surface area contributed by atoms with Crippen LogP contribution in [0.3, 0.4) is 0 Å². The molecule has 0 aliphatic heterocycles. The number of aryl methyl sites for hydroxylation is 1. The Morgan fingerprint density at radius 1 is 1.44 bits per heavy atom. The van der Waals surface area contributed by atoms with Crippen molar-refractivity contribution in [3.05, 3.63) is 28.3 Å². The molecule has 0 atom stereocenters. The van der Waals surface area contributed by atoms with E-state index in [-0.39, 0.29) is 15.5 Å². The smallest absolute Gasteiger partial charge is 0.339 e. The zero-order valence-corrected chi connectivity index (χ0v) is 10.2. The van der Waals surface area contributed by atoms with Gasteiger partial charge in [0.15, 0.2) is 0 Å². The average molecular weight is 264 g/mol. The standard InChI is InChI=1S/C9H10ClNO4S/c1-5-3-6(16(11,13)14)4-7(8(5)10)9(12)15-2/h3-4H,1-2H3,(H2,11,13,14). The summed E-state index contributed by atoms with van der Waals surface area (Å²) in [6, 6.07) is 2.39. The van der Waals surface area contributed by atoms with Crippen LogP contribution in [0.1, 0.15) is 15.9 Å². The monoisotopic (exact) mass is 263 g/mol. The highest BCUT2D eigenvalue weighted by Gasteiger charge is 2.18. The van der Waals surface area contributed by atoms with Crippen LogP contribution < -0.4 is 5.14 Å². The van der Waals surface area contributed by atoms with E-state index >= 15 is 0 Å². The minimum absolute atomic E-state index is 0.0202. The number of hydrogen-bond acceptors (Lipinski definition) is 4. The lowest BCUT2D eigenvalue weighted by atomic mass is 10.1. The van der Waals surface area contributed by atoms with E-state index < -0.39 is 16.0 Å². The predicted molar refractivity (Wildman–Crippen MR) is 58.9 cm³/mol. The largest absolute Gasteiger partial charge is 0.465 e. The minimum atomic E-state index is -3.87. The highest BCUT2D eigenvalue weighted by molar-refractivity contribution is 7.89. The van der Waals surface area contributed by atoms with Crippen LogP contribution in [0, 0.1) is 6.92 Å². The highest BCUT2D eigenvalue weighted by Crippen LogP contribution is 2.25. The first kappa shape index (κ1) is 13.0. The number of halogens is 1. The number of rotatable bonds is 2. The van der Waals surface area contributed by atoms with Gasteiger partial charge in [-0.2, -0.15) is 0 Å². The molecule has 0 saturated heterocycles. The first-order valence-electron chi connectivity index (χ1n) is 4.18. The number of carbonyl (C=O) groups excluding carboxylic acids is 1. The molecular weight excluding hydrogens is 254 g/mol. The Bertz CT molecular complexity index is 539. The van der Waals surface area contributed by atoms with Gasteiger partial charge in [-0.25, -0.2) is 18.4 Å². The molecule has 0 radical (unpaired) electrons. The molecule has 1 aromatic rings. The fourth-order valence-corrected chi connectivity index (χ4v) is 1.97. The first-order chi connectivity index (χ1) is 7.27. The minimum Gasteiger partial charge on any atom is -0.465 e. The van der Waals surface area contributed by atoms with E-state index in [0.29, 0.717) is 5.56 Å². The molecule has 0 aliphatic carbocycles. The third-order valence-corrected chi connectivity index (χ3v) is 3.36. The van der Waals surface area contributed by atoms with E-state index in [4.69, 9.17) is 16.7 Å². The summed E-state index contributed by atoms with van der Waals surface area (Å²) in [5.74, 6) is -0.710. The summed E-state index contributed by atoms with van der Waals surface area (Å²) >= 11 is 5.85. The molecule has 0 aliphatic rings. The molecule has 2 N–H and O–H groups in total. The number of hydrogen-bond donors (Lipinski definition) is 1. The Kier molecular flexibility index (Phi) is 3.57. The van der Waals surface area contributed by atoms with Crippen molar-refractivity contribution in [2.45, 2.75) is 11.8 Å². The van der Waals surface area contributed by atoms with Crippen LogP contribution >= 0.6 is 11.6 Å². The molecule has 88 valence electrons. The van der Waals surface area contributed by atoms with Crippen LogP contribution in [0.2, 0.25) is 5.02 Å². The number of carbonyl (C=O) groups is 1. The third-order valence-electron chi connectivity index (χ3n) is 1.96. The van der Waals surface area contributed by atoms with E-state index in [1.54, 1.807) is 6.92 Å². The van der Waals surface area contributed by atoms with Crippen molar-refractivity contribution in [2.24, 2.45) is 5.14 Å². The number of benzene rings is 1. The summed E-state index contributed by atoms with van der Waals surface area (Å²) in [6.07, 6.45) is 0. The Labute approximate surface area is 98.2 Å². The molecule has 0 bridgehead atoms. The predicted octanol–water partition coefficient (Wildman–Crippen LogP) is 1.08. The molecule has 0 unspecified atom stereocenters. The second-order valence-corrected chi connectivity index (χ2v) is 5.08. The number of primary sulfonamides is 1. The molecule has 0 heterocycles. The maximum atomic E-state index is 11.3. The number of ether oxygens (including phenoxy) is 1. The van der Waals surface area contributed by atoms with Gasteiger partial charge in [0.1, 0.15) is 0 Å². The quantitative estimate of drug-likeness (QED) is 0.809. The van der Waals surface area contributed by atoms with E-state index in [9.17, 15) is 13.2 Å². The van der Waals surface area contributed by atoms with Gasteiger partial charge in [-0.3, -0.25) is 0 Å². The summed E-state index contributed by atoms with van der Waals surface area (Å²) < 4.78 is 26.8. The Morgan fingerprint density at radius 3 is 2.44 bits per heavy atom. The van der Waals surface area contributed by atoms with Crippen molar-refractivity contribution >= 4 is 27.6 Å². The number of methoxy groups -OCH3 is 1. The highest BCUT2D eigenvalue weighted by atomic mass is 35.5. The molecule has 1 aromatic carbocycles. The van der Waals surface area contributed by atoms with Crippen molar-refractivity contribution in [3.63, 3.8) is 0 Å². The second kappa shape index (κ2) is 4.40. The molecule has 0 aromatic heterocycles. The second-order valence-electron chi connectivity index (χ2n) is 3.14. The van der Waals surface area contributed by atoms with Crippen LogP contribution in [0.15, 0.2) is 17.0 Å². The van der Waals surface area contributed by atoms with Crippen molar-refractivity contribution in [2.75, 3.05) is 7.11 Å². The lowest BCUT2D eigenvalue weighted by molar-refractivity contribution is 0.0600. The summed E-state index contributed by atoms with van der Waals surface area (Å²) in [6.45, 7) is 1.57. The zero-order chi connectivity index (χ0) is 12.5. The molecule has 16 heavy (non-hydrogen) atoms. The molecule has 0 saturated carbocycles. The normalized spacial score (nSPS) is 11.2. The molecule has 5 nitrogen and oxygen atoms in total. The van der Waals surface area contributed by atoms with Crippen molar-refractivity contribution in [3.8, 4) is 0 Å². The lowest BCUT2D eigenvalue weighted by Crippen LogP contribution is -2.14. The molecular formula is C9H10ClNO4S. The SMILES string of the molecule is COC(=O)c1cc(S(N)(=O)=O)cc(C)c1Cl. The number of sulfonamides is 1. The van der Waals surface area contributed by atoms with E-state index in [0.717, 1.165) is 6.07 Å². The van der Waals surface area contributed by atoms with Crippen LogP contribution in [0.5, 0.6) is 0 Å². The molecule has 0 amide bonds. The molecule has 7 heteroatoms. The van der Waals surface area contributed by atoms with Crippen LogP contribution in [-0.4, -0.2) is 21.5 Å². The third kappa shape index (κ3) is 2.52. The van der Waals surface area contributed by atoms with Crippen molar-refractivity contribution < 1.29 is 17.9 Å². The van der Waals surface area contributed by atoms with E-state index in [1.165, 1.54) is 13.2 Å². The van der Waals surface area contributed by atoms with Gasteiger partial charge in [0.2, 0.25) is 10.0 Å². The summed E-state index contributed by atoms with van der Waals surface area (Å²) in [7, 11) is -2.69. The summed E-state index contributed by atoms with van der Waals surface area (Å²) in [4.78, 5) is 11.2. The topological polar surface area (TPSA) is 86.5 Å². The summed E-state index contributed by atoms with van der Waals surface area (Å²) in [5.41, 5.74) is 0.418. The van der Waals surface area contributed by atoms with Gasteiger partial charge in [-0.15, -0.1) is 0 Å². The van der Waals surface area contributed by atoms with Crippen LogP contribution in [0.25, 0.3) is 0 Å². The van der Waals surface area contributed by atoms with Gasteiger partial charge in [0.25, 0.3) is 0 Å². The zero-order valence-electron chi connectivity index (χ0n) is 8.65. The Morgan fingerprint density at radius 2 is 2.00 bits per heavy atom. The first-order valence-corrected chi connectivity index (χ1v) is 6.11. The van der Waals surface area contributed by atoms with Crippen LogP contribution in [-0.2, 0) is 14.8 Å². The molecule has 1 rings (SSSR count). The fraction of sp³-hybridized carbons (Fsp3) is 0.222. The van der Waals surface area contributed by atoms with Crippen LogP contribution in [0.4, 0.5) is 0 Å².